The molecule has 2 N–H and O–H groups in total. The number of halogens is 8. The van der Waals surface area contributed by atoms with Crippen molar-refractivity contribution in [3.05, 3.63) is 70.3 Å². The van der Waals surface area contributed by atoms with Crippen molar-refractivity contribution < 1.29 is 45.3 Å². The van der Waals surface area contributed by atoms with Gasteiger partial charge >= 0.3 is 12.4 Å². The van der Waals surface area contributed by atoms with E-state index >= 15 is 0 Å². The van der Waals surface area contributed by atoms with Crippen molar-refractivity contribution in [2.45, 2.75) is 69.5 Å². The van der Waals surface area contributed by atoms with Gasteiger partial charge in [-0.3, -0.25) is 0 Å². The summed E-state index contributed by atoms with van der Waals surface area (Å²) in [4.78, 5) is 4.19. The molecule has 0 atom stereocenters. The summed E-state index contributed by atoms with van der Waals surface area (Å²) >= 11 is 0. The van der Waals surface area contributed by atoms with Gasteiger partial charge in [0.05, 0.1) is 22.3 Å². The predicted octanol–water partition coefficient (Wildman–Crippen LogP) is 6.69. The van der Waals surface area contributed by atoms with E-state index in [1.807, 2.05) is 13.8 Å². The summed E-state index contributed by atoms with van der Waals surface area (Å²) < 4.78 is 105. The molecular weight excluding hydrogens is 560 g/mol. The van der Waals surface area contributed by atoms with E-state index in [1.54, 1.807) is 0 Å². The van der Waals surface area contributed by atoms with E-state index in [2.05, 4.69) is 9.80 Å². The molecule has 0 spiro atoms. The third-order valence-corrected chi connectivity index (χ3v) is 7.96. The Morgan fingerprint density at radius 1 is 0.659 bits per heavy atom. The van der Waals surface area contributed by atoms with Crippen molar-refractivity contribution in [2.75, 3.05) is 39.3 Å². The van der Waals surface area contributed by atoms with Gasteiger partial charge in [0.15, 0.2) is 0 Å². The molecule has 41 heavy (non-hydrogen) atoms. The fourth-order valence-corrected chi connectivity index (χ4v) is 5.46. The molecule has 2 saturated heterocycles. The summed E-state index contributed by atoms with van der Waals surface area (Å²) in [5.41, 5.74) is -6.16. The molecule has 0 bridgehead atoms. The van der Waals surface area contributed by atoms with Crippen LogP contribution in [0.1, 0.15) is 68.2 Å². The number of hydrogen-bond acceptors (Lipinski definition) is 4. The molecule has 2 fully saturated rings. The molecule has 4 rings (SSSR count). The Labute approximate surface area is 234 Å². The molecular formula is C29H36F8N2O2. The van der Waals surface area contributed by atoms with Crippen LogP contribution in [0.2, 0.25) is 0 Å². The minimum Gasteiger partial charge on any atom is -0.385 e. The van der Waals surface area contributed by atoms with Gasteiger partial charge in [0, 0.05) is 37.3 Å². The molecule has 0 radical (unpaired) electrons. The summed E-state index contributed by atoms with van der Waals surface area (Å²) in [6, 6.07) is 6.19. The second-order valence-electron chi connectivity index (χ2n) is 10.7. The lowest BCUT2D eigenvalue weighted by molar-refractivity contribution is -0.141. The van der Waals surface area contributed by atoms with Crippen molar-refractivity contribution in [1.82, 2.24) is 9.80 Å². The first-order valence-corrected chi connectivity index (χ1v) is 13.7. The largest absolute Gasteiger partial charge is 0.419 e. The molecule has 0 unspecified atom stereocenters. The molecule has 0 saturated carbocycles. The highest BCUT2D eigenvalue weighted by molar-refractivity contribution is 5.34. The van der Waals surface area contributed by atoms with Gasteiger partial charge in [-0.25, -0.2) is 8.78 Å². The van der Waals surface area contributed by atoms with Crippen LogP contribution in [-0.2, 0) is 23.6 Å². The highest BCUT2D eigenvalue weighted by Crippen LogP contribution is 2.40. The van der Waals surface area contributed by atoms with Gasteiger partial charge in [-0.05, 0) is 57.3 Å². The Balaban J connectivity index is 0.000000226. The minimum absolute atomic E-state index is 0.235. The van der Waals surface area contributed by atoms with Crippen molar-refractivity contribution in [1.29, 1.82) is 0 Å². The number of piperidine rings is 2. The smallest absolute Gasteiger partial charge is 0.385 e. The van der Waals surface area contributed by atoms with Crippen LogP contribution >= 0.6 is 0 Å². The van der Waals surface area contributed by atoms with Gasteiger partial charge in [0.25, 0.3) is 0 Å². The number of rotatable bonds is 5. The SMILES string of the molecule is CCCN1CCC(O)(c2cccc(C(F)(F)F)c2F)CC1.CCN1CCC(O)(c2cccc(C(F)(F)F)c2F)CC1. The topological polar surface area (TPSA) is 46.9 Å². The minimum atomic E-state index is -4.75. The highest BCUT2D eigenvalue weighted by atomic mass is 19.4. The molecule has 4 nitrogen and oxygen atoms in total. The van der Waals surface area contributed by atoms with Gasteiger partial charge in [0.1, 0.15) is 11.6 Å². The van der Waals surface area contributed by atoms with Gasteiger partial charge in [-0.2, -0.15) is 26.3 Å². The Morgan fingerprint density at radius 2 is 1.02 bits per heavy atom. The summed E-state index contributed by atoms with van der Waals surface area (Å²) in [5.74, 6) is -2.70. The Hall–Kier alpha value is -2.28. The molecule has 0 amide bonds. The lowest BCUT2D eigenvalue weighted by Gasteiger charge is -2.38. The van der Waals surface area contributed by atoms with E-state index in [1.165, 1.54) is 12.1 Å². The molecule has 12 heteroatoms. The second kappa shape index (κ2) is 12.9. The van der Waals surface area contributed by atoms with Crippen molar-refractivity contribution in [3.8, 4) is 0 Å². The monoisotopic (exact) mass is 596 g/mol. The average molecular weight is 597 g/mol. The van der Waals surface area contributed by atoms with Gasteiger partial charge < -0.3 is 20.0 Å². The molecule has 0 aromatic heterocycles. The van der Waals surface area contributed by atoms with Crippen molar-refractivity contribution in [3.63, 3.8) is 0 Å². The van der Waals surface area contributed by atoms with Crippen LogP contribution in [0.3, 0.4) is 0 Å². The maximum absolute atomic E-state index is 14.1. The summed E-state index contributed by atoms with van der Waals surface area (Å²) in [7, 11) is 0. The second-order valence-corrected chi connectivity index (χ2v) is 10.7. The van der Waals surface area contributed by atoms with Gasteiger partial charge in [-0.1, -0.05) is 38.1 Å². The third-order valence-electron chi connectivity index (χ3n) is 7.96. The van der Waals surface area contributed by atoms with E-state index in [9.17, 15) is 45.3 Å². The Bertz CT molecular complexity index is 1150. The van der Waals surface area contributed by atoms with Crippen molar-refractivity contribution in [2.24, 2.45) is 0 Å². The zero-order chi connectivity index (χ0) is 30.6. The lowest BCUT2D eigenvalue weighted by Crippen LogP contribution is -2.43. The number of benzene rings is 2. The van der Waals surface area contributed by atoms with E-state index < -0.39 is 46.3 Å². The number of nitrogens with zero attached hydrogens (tertiary/aromatic N) is 2. The van der Waals surface area contributed by atoms with E-state index in [0.717, 1.165) is 31.6 Å². The zero-order valence-corrected chi connectivity index (χ0v) is 23.1. The summed E-state index contributed by atoms with van der Waals surface area (Å²) in [6.07, 6.45) is -7.58. The van der Waals surface area contributed by atoms with Crippen LogP contribution in [0.15, 0.2) is 36.4 Å². The van der Waals surface area contributed by atoms with Crippen LogP contribution in [0.25, 0.3) is 0 Å². The Kier molecular flexibility index (Phi) is 10.5. The van der Waals surface area contributed by atoms with Crippen LogP contribution in [0.5, 0.6) is 0 Å². The molecule has 2 aromatic rings. The Morgan fingerprint density at radius 3 is 1.34 bits per heavy atom. The number of alkyl halides is 6. The van der Waals surface area contributed by atoms with E-state index in [0.29, 0.717) is 38.3 Å². The fourth-order valence-electron chi connectivity index (χ4n) is 5.46. The first-order chi connectivity index (χ1) is 19.1. The molecule has 2 aliphatic heterocycles. The van der Waals surface area contributed by atoms with Gasteiger partial charge in [-0.15, -0.1) is 0 Å². The third kappa shape index (κ3) is 7.77. The first-order valence-electron chi connectivity index (χ1n) is 13.7. The average Bonchev–Trinajstić information content (AvgIpc) is 2.90. The number of aliphatic hydroxyl groups is 2. The zero-order valence-electron chi connectivity index (χ0n) is 23.1. The molecule has 230 valence electrons. The molecule has 0 aliphatic carbocycles. The lowest BCUT2D eigenvalue weighted by atomic mass is 9.83. The first kappa shape index (κ1) is 33.2. The van der Waals surface area contributed by atoms with E-state index in [-0.39, 0.29) is 36.8 Å². The fraction of sp³-hybridized carbons (Fsp3) is 0.586. The van der Waals surface area contributed by atoms with E-state index in [4.69, 9.17) is 0 Å². The quantitative estimate of drug-likeness (QED) is 0.378. The maximum Gasteiger partial charge on any atom is 0.419 e. The number of hydrogen-bond donors (Lipinski definition) is 2. The van der Waals surface area contributed by atoms with Crippen LogP contribution < -0.4 is 0 Å². The summed E-state index contributed by atoms with van der Waals surface area (Å²) in [6.45, 7) is 7.89. The number of likely N-dealkylation sites (tertiary alicyclic amines) is 2. The molecule has 2 aliphatic rings. The highest BCUT2D eigenvalue weighted by Gasteiger charge is 2.42. The van der Waals surface area contributed by atoms with Crippen LogP contribution in [0, 0.1) is 11.6 Å². The van der Waals surface area contributed by atoms with Crippen LogP contribution in [-0.4, -0.2) is 59.3 Å². The van der Waals surface area contributed by atoms with Gasteiger partial charge in [0.2, 0.25) is 0 Å². The predicted molar refractivity (Wildman–Crippen MR) is 138 cm³/mol. The maximum atomic E-state index is 14.1. The summed E-state index contributed by atoms with van der Waals surface area (Å²) in [5, 5.41) is 21.1. The molecule has 2 heterocycles. The van der Waals surface area contributed by atoms with Crippen LogP contribution in [0.4, 0.5) is 35.1 Å². The normalized spacial score (nSPS) is 19.9. The van der Waals surface area contributed by atoms with Crippen molar-refractivity contribution >= 4 is 0 Å². The standard InChI is InChI=1S/C15H19F4NO.C14H17F4NO/c1-2-8-20-9-6-14(21,7-10-20)11-4-3-5-12(13(11)16)15(17,18)19;1-2-19-8-6-13(20,7-9-19)10-4-3-5-11(12(10)15)14(16,17)18/h3-5,21H,2,6-10H2,1H3;3-5,20H,2,6-9H2,1H3. The molecule has 2 aromatic carbocycles.